The Balaban J connectivity index is 1.69. The molecule has 0 bridgehead atoms. The van der Waals surface area contributed by atoms with E-state index >= 15 is 0 Å². The van der Waals surface area contributed by atoms with Gasteiger partial charge in [0.1, 0.15) is 0 Å². The van der Waals surface area contributed by atoms with Crippen molar-refractivity contribution in [2.75, 3.05) is 0 Å². The van der Waals surface area contributed by atoms with Crippen LogP contribution in [0.25, 0.3) is 5.57 Å². The van der Waals surface area contributed by atoms with Gasteiger partial charge in [0.2, 0.25) is 0 Å². The van der Waals surface area contributed by atoms with Gasteiger partial charge in [-0.2, -0.15) is 0 Å². The van der Waals surface area contributed by atoms with Gasteiger partial charge in [-0.05, 0) is 74.5 Å². The number of benzene rings is 1. The van der Waals surface area contributed by atoms with Gasteiger partial charge in [-0.1, -0.05) is 38.2 Å². The topological polar surface area (TPSA) is 0 Å². The average Bonchev–Trinajstić information content (AvgIpc) is 2.61. The zero-order valence-electron chi connectivity index (χ0n) is 15.4. The minimum absolute atomic E-state index is 0.251. The van der Waals surface area contributed by atoms with Gasteiger partial charge in [0.15, 0.2) is 17.5 Å². The highest BCUT2D eigenvalue weighted by Gasteiger charge is 2.31. The molecule has 0 heterocycles. The third-order valence-electron chi connectivity index (χ3n) is 6.46. The van der Waals surface area contributed by atoms with Gasteiger partial charge in [0, 0.05) is 5.56 Å². The summed E-state index contributed by atoms with van der Waals surface area (Å²) in [5.74, 6) is -1.15. The number of hydrogen-bond donors (Lipinski definition) is 0. The Morgan fingerprint density at radius 2 is 1.64 bits per heavy atom. The summed E-state index contributed by atoms with van der Waals surface area (Å²) in [6.07, 6.45) is 10.7. The van der Waals surface area contributed by atoms with E-state index in [0.717, 1.165) is 48.3 Å². The lowest BCUT2D eigenvalue weighted by molar-refractivity contribution is 0.186. The first-order chi connectivity index (χ1) is 12.0. The maximum absolute atomic E-state index is 14.1. The zero-order chi connectivity index (χ0) is 18.0. The van der Waals surface area contributed by atoms with E-state index in [-0.39, 0.29) is 5.56 Å². The summed E-state index contributed by atoms with van der Waals surface area (Å²) in [6.45, 7) is 4.30. The molecule has 1 aromatic rings. The maximum Gasteiger partial charge on any atom is 0.195 e. The molecule has 1 atom stereocenters. The highest BCUT2D eigenvalue weighted by Crippen LogP contribution is 2.44. The molecule has 2 aliphatic rings. The Bertz CT molecular complexity index is 639. The molecule has 25 heavy (non-hydrogen) atoms. The van der Waals surface area contributed by atoms with Crippen molar-refractivity contribution in [2.24, 2.45) is 17.8 Å². The first-order valence-corrected chi connectivity index (χ1v) is 9.83. The molecule has 0 radical (unpaired) electrons. The molecule has 1 saturated carbocycles. The molecule has 0 nitrogen and oxygen atoms in total. The van der Waals surface area contributed by atoms with Crippen LogP contribution in [0, 0.1) is 35.2 Å². The molecule has 0 spiro atoms. The van der Waals surface area contributed by atoms with Crippen LogP contribution < -0.4 is 0 Å². The number of hydrogen-bond acceptors (Lipinski definition) is 0. The quantitative estimate of drug-likeness (QED) is 0.500. The second kappa shape index (κ2) is 7.97. The van der Waals surface area contributed by atoms with E-state index in [0.29, 0.717) is 5.92 Å². The van der Waals surface area contributed by atoms with E-state index in [1.807, 2.05) is 6.92 Å². The predicted molar refractivity (Wildman–Crippen MR) is 96.6 cm³/mol. The number of rotatable bonds is 4. The van der Waals surface area contributed by atoms with Crippen LogP contribution in [0.1, 0.15) is 77.2 Å². The largest absolute Gasteiger partial charge is 0.204 e. The summed E-state index contributed by atoms with van der Waals surface area (Å²) < 4.78 is 40.9. The van der Waals surface area contributed by atoms with Gasteiger partial charge in [-0.3, -0.25) is 0 Å². The Hall–Kier alpha value is -1.25. The van der Waals surface area contributed by atoms with Crippen LogP contribution in [0.2, 0.25) is 0 Å². The molecule has 2 aliphatic carbocycles. The average molecular weight is 350 g/mol. The second-order valence-electron chi connectivity index (χ2n) is 8.05. The van der Waals surface area contributed by atoms with E-state index in [1.165, 1.54) is 44.6 Å². The lowest BCUT2D eigenvalue weighted by Crippen LogP contribution is -2.24. The van der Waals surface area contributed by atoms with E-state index in [1.54, 1.807) is 0 Å². The zero-order valence-corrected chi connectivity index (χ0v) is 15.4. The molecular weight excluding hydrogens is 321 g/mol. The minimum atomic E-state index is -1.35. The lowest BCUT2D eigenvalue weighted by Gasteiger charge is -2.37. The van der Waals surface area contributed by atoms with Crippen LogP contribution >= 0.6 is 0 Å². The van der Waals surface area contributed by atoms with Crippen molar-refractivity contribution in [2.45, 2.75) is 71.6 Å². The highest BCUT2D eigenvalue weighted by atomic mass is 19.2. The standard InChI is InChI=1S/C22H29F3/c1-3-4-15-5-7-16(8-6-15)17-9-10-18(14(2)13-17)19-11-12-20(23)22(25)21(19)24/h11-12,15-17H,3-10,13H2,1-2H3. The SMILES string of the molecule is CCCC1CCC(C2CCC(c3ccc(F)c(F)c3F)=C(C)C2)CC1. The molecule has 0 saturated heterocycles. The maximum atomic E-state index is 14.1. The van der Waals surface area contributed by atoms with E-state index in [2.05, 4.69) is 6.92 Å². The molecule has 3 rings (SSSR count). The fourth-order valence-corrected chi connectivity index (χ4v) is 5.04. The summed E-state index contributed by atoms with van der Waals surface area (Å²) in [4.78, 5) is 0. The van der Waals surface area contributed by atoms with E-state index in [4.69, 9.17) is 0 Å². The van der Waals surface area contributed by atoms with Crippen molar-refractivity contribution in [3.8, 4) is 0 Å². The van der Waals surface area contributed by atoms with Crippen LogP contribution in [-0.4, -0.2) is 0 Å². The third kappa shape index (κ3) is 3.96. The van der Waals surface area contributed by atoms with Gasteiger partial charge in [0.25, 0.3) is 0 Å². The van der Waals surface area contributed by atoms with Crippen LogP contribution in [0.4, 0.5) is 13.2 Å². The van der Waals surface area contributed by atoms with Gasteiger partial charge in [-0.25, -0.2) is 13.2 Å². The summed E-state index contributed by atoms with van der Waals surface area (Å²) >= 11 is 0. The fourth-order valence-electron chi connectivity index (χ4n) is 5.04. The number of halogens is 3. The molecular formula is C22H29F3. The Labute approximate surface area is 149 Å². The van der Waals surface area contributed by atoms with Gasteiger partial charge < -0.3 is 0 Å². The van der Waals surface area contributed by atoms with Crippen molar-refractivity contribution in [3.05, 3.63) is 40.7 Å². The Morgan fingerprint density at radius 1 is 0.920 bits per heavy atom. The molecule has 1 aromatic carbocycles. The van der Waals surface area contributed by atoms with Crippen LogP contribution in [0.15, 0.2) is 17.7 Å². The molecule has 1 unspecified atom stereocenters. The van der Waals surface area contributed by atoms with Gasteiger partial charge in [0.05, 0.1) is 0 Å². The van der Waals surface area contributed by atoms with Crippen molar-refractivity contribution in [3.63, 3.8) is 0 Å². The predicted octanol–water partition coefficient (Wildman–Crippen LogP) is 7.28. The summed E-state index contributed by atoms with van der Waals surface area (Å²) in [7, 11) is 0. The summed E-state index contributed by atoms with van der Waals surface area (Å²) in [6, 6.07) is 2.43. The molecule has 0 aliphatic heterocycles. The highest BCUT2D eigenvalue weighted by molar-refractivity contribution is 5.69. The van der Waals surface area contributed by atoms with Crippen LogP contribution in [-0.2, 0) is 0 Å². The van der Waals surface area contributed by atoms with Crippen molar-refractivity contribution < 1.29 is 13.2 Å². The molecule has 3 heteroatoms. The summed E-state index contributed by atoms with van der Waals surface area (Å²) in [5, 5.41) is 0. The number of allylic oxidation sites excluding steroid dienone is 2. The smallest absolute Gasteiger partial charge is 0.195 e. The Kier molecular flexibility index (Phi) is 5.91. The third-order valence-corrected chi connectivity index (χ3v) is 6.46. The molecule has 1 fully saturated rings. The normalized spacial score (nSPS) is 27.6. The van der Waals surface area contributed by atoms with Crippen LogP contribution in [0.5, 0.6) is 0 Å². The van der Waals surface area contributed by atoms with E-state index in [9.17, 15) is 13.2 Å². The lowest BCUT2D eigenvalue weighted by atomic mass is 9.69. The van der Waals surface area contributed by atoms with Crippen molar-refractivity contribution >= 4 is 5.57 Å². The first-order valence-electron chi connectivity index (χ1n) is 9.83. The Morgan fingerprint density at radius 3 is 2.28 bits per heavy atom. The van der Waals surface area contributed by atoms with Gasteiger partial charge in [-0.15, -0.1) is 0 Å². The van der Waals surface area contributed by atoms with Crippen molar-refractivity contribution in [1.29, 1.82) is 0 Å². The second-order valence-corrected chi connectivity index (χ2v) is 8.05. The first kappa shape index (κ1) is 18.5. The van der Waals surface area contributed by atoms with Crippen molar-refractivity contribution in [1.82, 2.24) is 0 Å². The molecule has 138 valence electrons. The monoisotopic (exact) mass is 350 g/mol. The van der Waals surface area contributed by atoms with Crippen LogP contribution in [0.3, 0.4) is 0 Å². The van der Waals surface area contributed by atoms with Gasteiger partial charge >= 0.3 is 0 Å². The minimum Gasteiger partial charge on any atom is -0.204 e. The molecule has 0 aromatic heterocycles. The summed E-state index contributed by atoms with van der Waals surface area (Å²) in [5.41, 5.74) is 2.28. The fraction of sp³-hybridized carbons (Fsp3) is 0.636. The molecule has 0 amide bonds. The molecule has 0 N–H and O–H groups in total. The van der Waals surface area contributed by atoms with E-state index < -0.39 is 17.5 Å².